The molecular formula is C12H23N. The van der Waals surface area contributed by atoms with Gasteiger partial charge in [-0.1, -0.05) is 33.1 Å². The zero-order valence-corrected chi connectivity index (χ0v) is 9.05. The summed E-state index contributed by atoms with van der Waals surface area (Å²) >= 11 is 0. The minimum absolute atomic E-state index is 0.852. The Morgan fingerprint density at radius 1 is 1.38 bits per heavy atom. The SMILES string of the molecule is CCNC(CC1CCC1)C1CC1C. The molecule has 0 heterocycles. The van der Waals surface area contributed by atoms with Gasteiger partial charge in [-0.2, -0.15) is 0 Å². The fraction of sp³-hybridized carbons (Fsp3) is 1.00. The molecule has 0 spiro atoms. The molecule has 1 N–H and O–H groups in total. The Bertz CT molecular complexity index is 163. The van der Waals surface area contributed by atoms with Crippen LogP contribution in [-0.4, -0.2) is 12.6 Å². The van der Waals surface area contributed by atoms with Crippen LogP contribution >= 0.6 is 0 Å². The van der Waals surface area contributed by atoms with Gasteiger partial charge in [0.15, 0.2) is 0 Å². The lowest BCUT2D eigenvalue weighted by molar-refractivity contribution is 0.247. The molecule has 3 unspecified atom stereocenters. The molecule has 2 saturated carbocycles. The summed E-state index contributed by atoms with van der Waals surface area (Å²) < 4.78 is 0. The van der Waals surface area contributed by atoms with Crippen LogP contribution < -0.4 is 5.32 Å². The van der Waals surface area contributed by atoms with Gasteiger partial charge in [0.1, 0.15) is 0 Å². The van der Waals surface area contributed by atoms with Crippen LogP contribution in [0.15, 0.2) is 0 Å². The van der Waals surface area contributed by atoms with Crippen molar-refractivity contribution in [2.75, 3.05) is 6.54 Å². The quantitative estimate of drug-likeness (QED) is 0.687. The van der Waals surface area contributed by atoms with E-state index < -0.39 is 0 Å². The Balaban J connectivity index is 1.75. The zero-order valence-electron chi connectivity index (χ0n) is 9.05. The molecule has 0 aliphatic heterocycles. The predicted molar refractivity (Wildman–Crippen MR) is 56.7 cm³/mol. The van der Waals surface area contributed by atoms with Gasteiger partial charge in [-0.3, -0.25) is 0 Å². The van der Waals surface area contributed by atoms with E-state index in [1.54, 1.807) is 0 Å². The lowest BCUT2D eigenvalue weighted by Crippen LogP contribution is -2.34. The van der Waals surface area contributed by atoms with Gasteiger partial charge in [-0.25, -0.2) is 0 Å². The molecule has 0 radical (unpaired) electrons. The molecule has 76 valence electrons. The van der Waals surface area contributed by atoms with Crippen molar-refractivity contribution in [1.82, 2.24) is 5.32 Å². The first-order valence-electron chi connectivity index (χ1n) is 6.04. The lowest BCUT2D eigenvalue weighted by Gasteiger charge is -2.30. The van der Waals surface area contributed by atoms with E-state index in [2.05, 4.69) is 19.2 Å². The van der Waals surface area contributed by atoms with Crippen molar-refractivity contribution in [2.24, 2.45) is 17.8 Å². The Morgan fingerprint density at radius 2 is 2.08 bits per heavy atom. The molecule has 0 bridgehead atoms. The Labute approximate surface area is 82.3 Å². The van der Waals surface area contributed by atoms with E-state index in [1.807, 2.05) is 0 Å². The lowest BCUT2D eigenvalue weighted by atomic mass is 9.80. The minimum Gasteiger partial charge on any atom is -0.314 e. The molecule has 2 rings (SSSR count). The van der Waals surface area contributed by atoms with E-state index >= 15 is 0 Å². The Kier molecular flexibility index (Phi) is 2.92. The second-order valence-corrected chi connectivity index (χ2v) is 5.07. The summed E-state index contributed by atoms with van der Waals surface area (Å²) in [4.78, 5) is 0. The van der Waals surface area contributed by atoms with Crippen LogP contribution in [0.4, 0.5) is 0 Å². The van der Waals surface area contributed by atoms with Crippen LogP contribution in [0.25, 0.3) is 0 Å². The molecular weight excluding hydrogens is 158 g/mol. The van der Waals surface area contributed by atoms with Crippen molar-refractivity contribution in [3.05, 3.63) is 0 Å². The van der Waals surface area contributed by atoms with Gasteiger partial charge in [-0.15, -0.1) is 0 Å². The third-order valence-corrected chi connectivity index (χ3v) is 3.97. The molecule has 13 heavy (non-hydrogen) atoms. The van der Waals surface area contributed by atoms with E-state index in [-0.39, 0.29) is 0 Å². The number of hydrogen-bond donors (Lipinski definition) is 1. The van der Waals surface area contributed by atoms with Crippen LogP contribution in [0.5, 0.6) is 0 Å². The van der Waals surface area contributed by atoms with Crippen molar-refractivity contribution in [3.63, 3.8) is 0 Å². The highest BCUT2D eigenvalue weighted by molar-refractivity contribution is 4.93. The minimum atomic E-state index is 0.852. The maximum Gasteiger partial charge on any atom is 0.0100 e. The summed E-state index contributed by atoms with van der Waals surface area (Å²) in [6.45, 7) is 5.79. The second kappa shape index (κ2) is 4.00. The summed E-state index contributed by atoms with van der Waals surface area (Å²) in [5, 5.41) is 3.67. The molecule has 2 aliphatic carbocycles. The van der Waals surface area contributed by atoms with Crippen LogP contribution in [-0.2, 0) is 0 Å². The summed E-state index contributed by atoms with van der Waals surface area (Å²) in [5.74, 6) is 3.08. The van der Waals surface area contributed by atoms with E-state index in [0.717, 1.165) is 30.3 Å². The number of nitrogens with one attached hydrogen (secondary N) is 1. The summed E-state index contributed by atoms with van der Waals surface area (Å²) in [7, 11) is 0. The average Bonchev–Trinajstić information content (AvgIpc) is 2.72. The van der Waals surface area contributed by atoms with E-state index in [9.17, 15) is 0 Å². The van der Waals surface area contributed by atoms with Gasteiger partial charge in [0.25, 0.3) is 0 Å². The first-order valence-corrected chi connectivity index (χ1v) is 6.04. The topological polar surface area (TPSA) is 12.0 Å². The highest BCUT2D eigenvalue weighted by Crippen LogP contribution is 2.44. The normalized spacial score (nSPS) is 35.5. The zero-order chi connectivity index (χ0) is 9.26. The van der Waals surface area contributed by atoms with Crippen molar-refractivity contribution in [3.8, 4) is 0 Å². The van der Waals surface area contributed by atoms with Crippen molar-refractivity contribution in [2.45, 2.75) is 52.0 Å². The highest BCUT2D eigenvalue weighted by atomic mass is 14.9. The standard InChI is InChI=1S/C12H23N/c1-3-13-12(11-7-9(11)2)8-10-5-4-6-10/h9-13H,3-8H2,1-2H3. The van der Waals surface area contributed by atoms with Crippen molar-refractivity contribution in [1.29, 1.82) is 0 Å². The Morgan fingerprint density at radius 3 is 2.46 bits per heavy atom. The molecule has 1 heteroatoms. The first-order chi connectivity index (χ1) is 6.31. The first kappa shape index (κ1) is 9.51. The predicted octanol–water partition coefficient (Wildman–Crippen LogP) is 2.81. The fourth-order valence-electron chi connectivity index (χ4n) is 2.67. The number of rotatable bonds is 5. The molecule has 0 aromatic carbocycles. The Hall–Kier alpha value is -0.0400. The van der Waals surface area contributed by atoms with Crippen LogP contribution in [0.3, 0.4) is 0 Å². The van der Waals surface area contributed by atoms with E-state index in [0.29, 0.717) is 0 Å². The summed E-state index contributed by atoms with van der Waals surface area (Å²) in [6, 6.07) is 0.852. The monoisotopic (exact) mass is 181 g/mol. The van der Waals surface area contributed by atoms with Crippen LogP contribution in [0, 0.1) is 17.8 Å². The van der Waals surface area contributed by atoms with E-state index in [1.165, 1.54) is 32.1 Å². The largest absolute Gasteiger partial charge is 0.314 e. The van der Waals surface area contributed by atoms with Gasteiger partial charge < -0.3 is 5.32 Å². The number of hydrogen-bond acceptors (Lipinski definition) is 1. The smallest absolute Gasteiger partial charge is 0.0100 e. The molecule has 1 nitrogen and oxygen atoms in total. The van der Waals surface area contributed by atoms with Gasteiger partial charge in [-0.05, 0) is 37.1 Å². The third-order valence-electron chi connectivity index (χ3n) is 3.97. The van der Waals surface area contributed by atoms with E-state index in [4.69, 9.17) is 0 Å². The molecule has 0 aromatic heterocycles. The maximum atomic E-state index is 3.67. The van der Waals surface area contributed by atoms with Gasteiger partial charge >= 0.3 is 0 Å². The van der Waals surface area contributed by atoms with Gasteiger partial charge in [0, 0.05) is 6.04 Å². The molecule has 0 aromatic rings. The molecule has 2 aliphatic rings. The van der Waals surface area contributed by atoms with Crippen LogP contribution in [0.2, 0.25) is 0 Å². The van der Waals surface area contributed by atoms with Crippen molar-refractivity contribution < 1.29 is 0 Å². The van der Waals surface area contributed by atoms with Crippen LogP contribution in [0.1, 0.15) is 46.0 Å². The summed E-state index contributed by atoms with van der Waals surface area (Å²) in [5.41, 5.74) is 0. The fourth-order valence-corrected chi connectivity index (χ4v) is 2.67. The average molecular weight is 181 g/mol. The molecule has 0 saturated heterocycles. The summed E-state index contributed by atoms with van der Waals surface area (Å²) in [6.07, 6.45) is 7.43. The molecule has 0 amide bonds. The van der Waals surface area contributed by atoms with Gasteiger partial charge in [0.05, 0.1) is 0 Å². The second-order valence-electron chi connectivity index (χ2n) is 5.07. The third kappa shape index (κ3) is 2.25. The molecule has 2 fully saturated rings. The van der Waals surface area contributed by atoms with Crippen molar-refractivity contribution >= 4 is 0 Å². The molecule has 3 atom stereocenters. The van der Waals surface area contributed by atoms with Gasteiger partial charge in [0.2, 0.25) is 0 Å². The maximum absolute atomic E-state index is 3.67. The highest BCUT2D eigenvalue weighted by Gasteiger charge is 2.40.